The second-order valence-corrected chi connectivity index (χ2v) is 8.11. The van der Waals surface area contributed by atoms with Crippen molar-refractivity contribution in [1.82, 2.24) is 5.32 Å². The third-order valence-electron chi connectivity index (χ3n) is 6.03. The van der Waals surface area contributed by atoms with Crippen LogP contribution in [0.4, 0.5) is 0 Å². The van der Waals surface area contributed by atoms with Gasteiger partial charge in [-0.25, -0.2) is 4.79 Å². The number of ether oxygens (including phenoxy) is 1. The zero-order valence-electron chi connectivity index (χ0n) is 18.8. The van der Waals surface area contributed by atoms with E-state index in [4.69, 9.17) is 13.6 Å². The predicted octanol–water partition coefficient (Wildman–Crippen LogP) is 4.76. The van der Waals surface area contributed by atoms with Crippen LogP contribution in [0, 0.1) is 20.8 Å². The Morgan fingerprint density at radius 3 is 2.47 bits per heavy atom. The SMILES string of the molecule is COc1ccc(CCNC(=O)CCc2c(C)c3cc4c(C)coc4c(C)c3oc2=O)cc1. The highest BCUT2D eigenvalue weighted by Gasteiger charge is 2.18. The van der Waals surface area contributed by atoms with Gasteiger partial charge in [-0.2, -0.15) is 0 Å². The number of nitrogens with one attached hydrogen (secondary N) is 1. The maximum atomic E-state index is 12.7. The van der Waals surface area contributed by atoms with E-state index in [1.165, 1.54) is 0 Å². The summed E-state index contributed by atoms with van der Waals surface area (Å²) >= 11 is 0. The van der Waals surface area contributed by atoms with E-state index in [0.29, 0.717) is 24.1 Å². The molecule has 0 aliphatic carbocycles. The van der Waals surface area contributed by atoms with Gasteiger partial charge in [0.1, 0.15) is 16.9 Å². The third kappa shape index (κ3) is 4.13. The summed E-state index contributed by atoms with van der Waals surface area (Å²) in [6.07, 6.45) is 3.00. The van der Waals surface area contributed by atoms with E-state index in [2.05, 4.69) is 5.32 Å². The summed E-state index contributed by atoms with van der Waals surface area (Å²) in [5.41, 5.74) is 5.25. The molecule has 0 unspecified atom stereocenters. The fourth-order valence-corrected chi connectivity index (χ4v) is 4.07. The number of fused-ring (bicyclic) bond motifs is 2. The highest BCUT2D eigenvalue weighted by molar-refractivity contribution is 5.99. The van der Waals surface area contributed by atoms with Crippen LogP contribution in [0.2, 0.25) is 0 Å². The Morgan fingerprint density at radius 1 is 1.00 bits per heavy atom. The fraction of sp³-hybridized carbons (Fsp3) is 0.308. The number of benzene rings is 2. The first-order valence-electron chi connectivity index (χ1n) is 10.7. The van der Waals surface area contributed by atoms with Crippen LogP contribution in [0.25, 0.3) is 21.9 Å². The molecule has 2 aromatic carbocycles. The number of rotatable bonds is 7. The van der Waals surface area contributed by atoms with Crippen molar-refractivity contribution in [1.29, 1.82) is 0 Å². The van der Waals surface area contributed by atoms with E-state index < -0.39 is 5.63 Å². The Kier molecular flexibility index (Phi) is 6.04. The van der Waals surface area contributed by atoms with Gasteiger partial charge in [0.15, 0.2) is 0 Å². The van der Waals surface area contributed by atoms with Gasteiger partial charge in [0, 0.05) is 34.9 Å². The third-order valence-corrected chi connectivity index (χ3v) is 6.03. The van der Waals surface area contributed by atoms with Crippen LogP contribution in [0.3, 0.4) is 0 Å². The van der Waals surface area contributed by atoms with Gasteiger partial charge in [-0.05, 0) is 68.5 Å². The van der Waals surface area contributed by atoms with E-state index in [9.17, 15) is 9.59 Å². The maximum Gasteiger partial charge on any atom is 0.339 e. The van der Waals surface area contributed by atoms with Crippen molar-refractivity contribution in [2.45, 2.75) is 40.0 Å². The summed E-state index contributed by atoms with van der Waals surface area (Å²) in [5, 5.41) is 4.82. The Bertz CT molecular complexity index is 1350. The highest BCUT2D eigenvalue weighted by atomic mass is 16.5. The van der Waals surface area contributed by atoms with Crippen LogP contribution in [0.15, 0.2) is 50.2 Å². The zero-order valence-corrected chi connectivity index (χ0v) is 18.8. The molecule has 0 saturated heterocycles. The molecule has 166 valence electrons. The molecule has 0 spiro atoms. The molecule has 4 aromatic rings. The van der Waals surface area contributed by atoms with Crippen LogP contribution >= 0.6 is 0 Å². The van der Waals surface area contributed by atoms with Gasteiger partial charge < -0.3 is 18.9 Å². The first-order chi connectivity index (χ1) is 15.4. The van der Waals surface area contributed by atoms with E-state index in [1.807, 2.05) is 51.1 Å². The number of hydrogen-bond donors (Lipinski definition) is 1. The summed E-state index contributed by atoms with van der Waals surface area (Å²) in [6.45, 7) is 6.33. The smallest absolute Gasteiger partial charge is 0.339 e. The van der Waals surface area contributed by atoms with Crippen molar-refractivity contribution in [2.24, 2.45) is 0 Å². The molecule has 1 amide bonds. The van der Waals surface area contributed by atoms with Gasteiger partial charge in [0.25, 0.3) is 0 Å². The number of furan rings is 1. The normalized spacial score (nSPS) is 11.2. The topological polar surface area (TPSA) is 81.7 Å². The number of carbonyl (C=O) groups is 1. The summed E-state index contributed by atoms with van der Waals surface area (Å²) in [7, 11) is 1.63. The minimum absolute atomic E-state index is 0.0882. The van der Waals surface area contributed by atoms with E-state index >= 15 is 0 Å². The van der Waals surface area contributed by atoms with E-state index in [-0.39, 0.29) is 12.3 Å². The van der Waals surface area contributed by atoms with Crippen LogP contribution in [0.1, 0.15) is 34.2 Å². The van der Waals surface area contributed by atoms with Gasteiger partial charge in [-0.1, -0.05) is 12.1 Å². The standard InChI is InChI=1S/C26H27NO5/c1-15-14-31-24-17(3)25-22(13-21(15)24)16(2)20(26(29)32-25)9-10-23(28)27-12-11-18-5-7-19(30-4)8-6-18/h5-8,13-14H,9-12H2,1-4H3,(H,27,28). The lowest BCUT2D eigenvalue weighted by atomic mass is 9.98. The molecule has 0 radical (unpaired) electrons. The van der Waals surface area contributed by atoms with Gasteiger partial charge in [-0.3, -0.25) is 4.79 Å². The van der Waals surface area contributed by atoms with E-state index in [1.54, 1.807) is 13.4 Å². The van der Waals surface area contributed by atoms with Crippen LogP contribution in [-0.2, 0) is 17.6 Å². The fourth-order valence-electron chi connectivity index (χ4n) is 4.07. The Morgan fingerprint density at radius 2 is 1.75 bits per heavy atom. The molecule has 0 atom stereocenters. The number of carbonyl (C=O) groups excluding carboxylic acids is 1. The Balaban J connectivity index is 1.45. The predicted molar refractivity (Wildman–Crippen MR) is 124 cm³/mol. The number of methoxy groups -OCH3 is 1. The molecule has 2 aromatic heterocycles. The zero-order chi connectivity index (χ0) is 22.8. The summed E-state index contributed by atoms with van der Waals surface area (Å²) in [6, 6.07) is 9.77. The monoisotopic (exact) mass is 433 g/mol. The summed E-state index contributed by atoms with van der Waals surface area (Å²) in [4.78, 5) is 25.0. The van der Waals surface area contributed by atoms with Gasteiger partial charge in [0.2, 0.25) is 5.91 Å². The molecule has 2 heterocycles. The van der Waals surface area contributed by atoms with Crippen molar-refractivity contribution in [3.05, 3.63) is 74.8 Å². The minimum atomic E-state index is -0.397. The number of amides is 1. The molecule has 1 N–H and O–H groups in total. The molecular weight excluding hydrogens is 406 g/mol. The molecule has 32 heavy (non-hydrogen) atoms. The van der Waals surface area contributed by atoms with Crippen molar-refractivity contribution in [3.63, 3.8) is 0 Å². The lowest BCUT2D eigenvalue weighted by Gasteiger charge is -2.10. The quantitative estimate of drug-likeness (QED) is 0.425. The van der Waals surface area contributed by atoms with Crippen molar-refractivity contribution in [2.75, 3.05) is 13.7 Å². The second-order valence-electron chi connectivity index (χ2n) is 8.11. The van der Waals surface area contributed by atoms with Crippen LogP contribution in [0.5, 0.6) is 5.75 Å². The second kappa shape index (κ2) is 8.91. The average Bonchev–Trinajstić information content (AvgIpc) is 3.16. The molecule has 6 nitrogen and oxygen atoms in total. The summed E-state index contributed by atoms with van der Waals surface area (Å²) in [5.74, 6) is 0.718. The Hall–Kier alpha value is -3.54. The lowest BCUT2D eigenvalue weighted by molar-refractivity contribution is -0.121. The molecule has 0 fully saturated rings. The van der Waals surface area contributed by atoms with Gasteiger partial charge in [-0.15, -0.1) is 0 Å². The lowest BCUT2D eigenvalue weighted by Crippen LogP contribution is -2.26. The molecule has 6 heteroatoms. The molecule has 0 aliphatic heterocycles. The van der Waals surface area contributed by atoms with Gasteiger partial charge in [0.05, 0.1) is 13.4 Å². The van der Waals surface area contributed by atoms with Crippen LogP contribution in [-0.4, -0.2) is 19.6 Å². The first kappa shape index (κ1) is 21.7. The van der Waals surface area contributed by atoms with Crippen molar-refractivity contribution < 1.29 is 18.4 Å². The average molecular weight is 434 g/mol. The molecule has 4 rings (SSSR count). The van der Waals surface area contributed by atoms with Crippen LogP contribution < -0.4 is 15.7 Å². The highest BCUT2D eigenvalue weighted by Crippen LogP contribution is 2.32. The van der Waals surface area contributed by atoms with E-state index in [0.717, 1.165) is 50.8 Å². The van der Waals surface area contributed by atoms with Crippen molar-refractivity contribution in [3.8, 4) is 5.75 Å². The largest absolute Gasteiger partial charge is 0.497 e. The minimum Gasteiger partial charge on any atom is -0.497 e. The van der Waals surface area contributed by atoms with Gasteiger partial charge >= 0.3 is 5.63 Å². The maximum absolute atomic E-state index is 12.7. The summed E-state index contributed by atoms with van der Waals surface area (Å²) < 4.78 is 16.4. The van der Waals surface area contributed by atoms with Crippen molar-refractivity contribution >= 4 is 27.8 Å². The molecule has 0 saturated carbocycles. The number of hydrogen-bond acceptors (Lipinski definition) is 5. The Labute approximate surface area is 186 Å². The first-order valence-corrected chi connectivity index (χ1v) is 10.7. The molecule has 0 aliphatic rings. The molecule has 0 bridgehead atoms. The number of aryl methyl sites for hydroxylation is 3. The molecular formula is C26H27NO5.